The molecule has 16 heavy (non-hydrogen) atoms. The fraction of sp³-hybridized carbons (Fsp3) is 0.750. The quantitative estimate of drug-likeness (QED) is 0.434. The molecule has 0 aromatic carbocycles. The summed E-state index contributed by atoms with van der Waals surface area (Å²) in [6.07, 6.45) is 3.69. The average Bonchev–Trinajstić information content (AvgIpc) is 2.30. The van der Waals surface area contributed by atoms with Gasteiger partial charge in [0.2, 0.25) is 5.91 Å². The fourth-order valence-electron chi connectivity index (χ4n) is 1.01. The second kappa shape index (κ2) is 10.6. The predicted octanol–water partition coefficient (Wildman–Crippen LogP) is 1.08. The lowest BCUT2D eigenvalue weighted by atomic mass is 10.2. The SMILES string of the molecule is C=CCCOCCNC(=O)CNC(C)CC. The zero-order valence-electron chi connectivity index (χ0n) is 10.4. The Kier molecular flexibility index (Phi) is 10.1. The van der Waals surface area contributed by atoms with Crippen LogP contribution in [0.15, 0.2) is 12.7 Å². The summed E-state index contributed by atoms with van der Waals surface area (Å²) in [4.78, 5) is 11.3. The molecule has 1 atom stereocenters. The minimum Gasteiger partial charge on any atom is -0.379 e. The van der Waals surface area contributed by atoms with Crippen molar-refractivity contribution in [3.63, 3.8) is 0 Å². The van der Waals surface area contributed by atoms with E-state index in [2.05, 4.69) is 31.1 Å². The van der Waals surface area contributed by atoms with E-state index in [1.165, 1.54) is 0 Å². The van der Waals surface area contributed by atoms with Crippen LogP contribution in [0.1, 0.15) is 26.7 Å². The summed E-state index contributed by atoms with van der Waals surface area (Å²) in [5.41, 5.74) is 0. The molecular formula is C12H24N2O2. The summed E-state index contributed by atoms with van der Waals surface area (Å²) >= 11 is 0. The molecule has 2 N–H and O–H groups in total. The van der Waals surface area contributed by atoms with E-state index in [4.69, 9.17) is 4.74 Å². The Morgan fingerprint density at radius 3 is 2.88 bits per heavy atom. The Labute approximate surface area is 98.4 Å². The smallest absolute Gasteiger partial charge is 0.234 e. The molecule has 0 aromatic rings. The van der Waals surface area contributed by atoms with Crippen LogP contribution >= 0.6 is 0 Å². The molecule has 0 saturated carbocycles. The van der Waals surface area contributed by atoms with Crippen molar-refractivity contribution in [2.24, 2.45) is 0 Å². The summed E-state index contributed by atoms with van der Waals surface area (Å²) in [5, 5.41) is 5.91. The third-order valence-corrected chi connectivity index (χ3v) is 2.26. The highest BCUT2D eigenvalue weighted by Crippen LogP contribution is 1.86. The maximum Gasteiger partial charge on any atom is 0.234 e. The third-order valence-electron chi connectivity index (χ3n) is 2.26. The molecule has 0 aliphatic carbocycles. The summed E-state index contributed by atoms with van der Waals surface area (Å²) < 4.78 is 5.26. The van der Waals surface area contributed by atoms with Crippen LogP contribution in [0.2, 0.25) is 0 Å². The molecule has 0 radical (unpaired) electrons. The monoisotopic (exact) mass is 228 g/mol. The van der Waals surface area contributed by atoms with Gasteiger partial charge in [0.15, 0.2) is 0 Å². The zero-order valence-corrected chi connectivity index (χ0v) is 10.4. The molecule has 0 fully saturated rings. The summed E-state index contributed by atoms with van der Waals surface area (Å²) in [5.74, 6) is 0.0209. The van der Waals surface area contributed by atoms with Gasteiger partial charge in [0.25, 0.3) is 0 Å². The van der Waals surface area contributed by atoms with Crippen molar-refractivity contribution in [1.82, 2.24) is 10.6 Å². The molecule has 4 nitrogen and oxygen atoms in total. The van der Waals surface area contributed by atoms with Crippen LogP contribution < -0.4 is 10.6 Å². The lowest BCUT2D eigenvalue weighted by Crippen LogP contribution is -2.38. The maximum absolute atomic E-state index is 11.3. The standard InChI is InChI=1S/C12H24N2O2/c1-4-6-8-16-9-7-13-12(15)10-14-11(3)5-2/h4,11,14H,1,5-10H2,2-3H3,(H,13,15). The molecule has 94 valence electrons. The third kappa shape index (κ3) is 9.68. The first-order chi connectivity index (χ1) is 7.70. The highest BCUT2D eigenvalue weighted by Gasteiger charge is 2.02. The number of hydrogen-bond acceptors (Lipinski definition) is 3. The van der Waals surface area contributed by atoms with E-state index in [0.717, 1.165) is 12.8 Å². The average molecular weight is 228 g/mol. The van der Waals surface area contributed by atoms with E-state index in [-0.39, 0.29) is 5.91 Å². The number of hydrogen-bond donors (Lipinski definition) is 2. The Morgan fingerprint density at radius 1 is 1.50 bits per heavy atom. The number of ether oxygens (including phenoxy) is 1. The van der Waals surface area contributed by atoms with Crippen molar-refractivity contribution < 1.29 is 9.53 Å². The van der Waals surface area contributed by atoms with Crippen LogP contribution in [0.25, 0.3) is 0 Å². The van der Waals surface area contributed by atoms with Crippen molar-refractivity contribution in [3.8, 4) is 0 Å². The Hall–Kier alpha value is -0.870. The molecule has 0 spiro atoms. The second-order valence-electron chi connectivity index (χ2n) is 3.73. The molecule has 0 aromatic heterocycles. The Balaban J connectivity index is 3.27. The molecule has 0 aliphatic heterocycles. The summed E-state index contributed by atoms with van der Waals surface area (Å²) in [6.45, 7) is 9.92. The number of carbonyl (C=O) groups excluding carboxylic acids is 1. The number of rotatable bonds is 10. The highest BCUT2D eigenvalue weighted by atomic mass is 16.5. The lowest BCUT2D eigenvalue weighted by Gasteiger charge is -2.11. The van der Waals surface area contributed by atoms with Crippen LogP contribution in [-0.4, -0.2) is 38.3 Å². The van der Waals surface area contributed by atoms with Gasteiger partial charge in [0.05, 0.1) is 19.8 Å². The minimum absolute atomic E-state index is 0.0209. The Bertz CT molecular complexity index is 195. The zero-order chi connectivity index (χ0) is 12.2. The molecule has 0 aliphatic rings. The van der Waals surface area contributed by atoms with Crippen molar-refractivity contribution in [2.45, 2.75) is 32.7 Å². The van der Waals surface area contributed by atoms with Crippen LogP contribution in [0.4, 0.5) is 0 Å². The van der Waals surface area contributed by atoms with Crippen LogP contribution in [0.5, 0.6) is 0 Å². The lowest BCUT2D eigenvalue weighted by molar-refractivity contribution is -0.120. The number of carbonyl (C=O) groups is 1. The van der Waals surface area contributed by atoms with E-state index >= 15 is 0 Å². The van der Waals surface area contributed by atoms with Crippen molar-refractivity contribution >= 4 is 5.91 Å². The van der Waals surface area contributed by atoms with Crippen LogP contribution in [-0.2, 0) is 9.53 Å². The molecular weight excluding hydrogens is 204 g/mol. The van der Waals surface area contributed by atoms with Gasteiger partial charge in [-0.1, -0.05) is 13.0 Å². The van der Waals surface area contributed by atoms with E-state index in [0.29, 0.717) is 32.3 Å². The van der Waals surface area contributed by atoms with Crippen molar-refractivity contribution in [3.05, 3.63) is 12.7 Å². The first-order valence-corrected chi connectivity index (χ1v) is 5.89. The van der Waals surface area contributed by atoms with Crippen molar-refractivity contribution in [2.75, 3.05) is 26.3 Å². The normalized spacial score (nSPS) is 12.1. The van der Waals surface area contributed by atoms with Gasteiger partial charge in [-0.25, -0.2) is 0 Å². The summed E-state index contributed by atoms with van der Waals surface area (Å²) in [6, 6.07) is 0.384. The van der Waals surface area contributed by atoms with E-state index < -0.39 is 0 Å². The minimum atomic E-state index is 0.0209. The Morgan fingerprint density at radius 2 is 2.25 bits per heavy atom. The van der Waals surface area contributed by atoms with Crippen LogP contribution in [0.3, 0.4) is 0 Å². The molecule has 0 heterocycles. The van der Waals surface area contributed by atoms with E-state index in [1.54, 1.807) is 0 Å². The molecule has 1 amide bonds. The predicted molar refractivity (Wildman–Crippen MR) is 66.4 cm³/mol. The molecule has 0 saturated heterocycles. The first-order valence-electron chi connectivity index (χ1n) is 5.89. The largest absolute Gasteiger partial charge is 0.379 e. The topological polar surface area (TPSA) is 50.4 Å². The van der Waals surface area contributed by atoms with Gasteiger partial charge in [0, 0.05) is 12.6 Å². The molecule has 0 rings (SSSR count). The molecule has 4 heteroatoms. The maximum atomic E-state index is 11.3. The van der Waals surface area contributed by atoms with Gasteiger partial charge < -0.3 is 15.4 Å². The number of nitrogens with one attached hydrogen (secondary N) is 2. The van der Waals surface area contributed by atoms with E-state index in [1.807, 2.05) is 6.08 Å². The second-order valence-corrected chi connectivity index (χ2v) is 3.73. The number of amides is 1. The van der Waals surface area contributed by atoms with Crippen molar-refractivity contribution in [1.29, 1.82) is 0 Å². The van der Waals surface area contributed by atoms with Gasteiger partial charge in [-0.05, 0) is 19.8 Å². The van der Waals surface area contributed by atoms with Gasteiger partial charge in [-0.3, -0.25) is 4.79 Å². The van der Waals surface area contributed by atoms with E-state index in [9.17, 15) is 4.79 Å². The summed E-state index contributed by atoms with van der Waals surface area (Å²) in [7, 11) is 0. The molecule has 1 unspecified atom stereocenters. The van der Waals surface area contributed by atoms with Gasteiger partial charge in [-0.15, -0.1) is 6.58 Å². The van der Waals surface area contributed by atoms with Gasteiger partial charge in [-0.2, -0.15) is 0 Å². The fourth-order valence-corrected chi connectivity index (χ4v) is 1.01. The molecule has 0 bridgehead atoms. The van der Waals surface area contributed by atoms with Gasteiger partial charge >= 0.3 is 0 Å². The first kappa shape index (κ1) is 15.1. The van der Waals surface area contributed by atoms with Gasteiger partial charge in [0.1, 0.15) is 0 Å². The highest BCUT2D eigenvalue weighted by molar-refractivity contribution is 5.77. The van der Waals surface area contributed by atoms with Crippen LogP contribution in [0, 0.1) is 0 Å².